The lowest BCUT2D eigenvalue weighted by molar-refractivity contribution is 0.0337. The summed E-state index contributed by atoms with van der Waals surface area (Å²) < 4.78 is 10.5. The molecule has 1 aliphatic rings. The second-order valence-corrected chi connectivity index (χ2v) is 5.19. The normalized spacial score (nSPS) is 16.2. The highest BCUT2D eigenvalue weighted by Gasteiger charge is 2.25. The first-order chi connectivity index (χ1) is 8.24. The molecule has 5 nitrogen and oxygen atoms in total. The maximum Gasteiger partial charge on any atom is 0.414 e. The SMILES string of the molecule is COC1=C(N(C)C(=O)OC(C)(C)C)CCC(O)=C1. The Kier molecular flexibility index (Phi) is 4.27. The van der Waals surface area contributed by atoms with E-state index in [1.807, 2.05) is 20.8 Å². The molecule has 18 heavy (non-hydrogen) atoms. The minimum absolute atomic E-state index is 0.258. The van der Waals surface area contributed by atoms with Gasteiger partial charge >= 0.3 is 6.09 Å². The highest BCUT2D eigenvalue weighted by molar-refractivity contribution is 5.70. The zero-order valence-corrected chi connectivity index (χ0v) is 11.6. The first-order valence-corrected chi connectivity index (χ1v) is 5.88. The highest BCUT2D eigenvalue weighted by Crippen LogP contribution is 2.26. The average molecular weight is 255 g/mol. The molecular formula is C13H21NO4. The maximum absolute atomic E-state index is 11.9. The molecule has 1 aliphatic carbocycles. The van der Waals surface area contributed by atoms with Crippen LogP contribution in [0.1, 0.15) is 33.6 Å². The van der Waals surface area contributed by atoms with Crippen LogP contribution in [0.15, 0.2) is 23.3 Å². The predicted octanol–water partition coefficient (Wildman–Crippen LogP) is 2.95. The maximum atomic E-state index is 11.9. The van der Waals surface area contributed by atoms with Gasteiger partial charge in [0.2, 0.25) is 0 Å². The first kappa shape index (κ1) is 14.4. The monoisotopic (exact) mass is 255 g/mol. The summed E-state index contributed by atoms with van der Waals surface area (Å²) in [6.45, 7) is 5.45. The molecule has 0 atom stereocenters. The number of hydrogen-bond donors (Lipinski definition) is 1. The second-order valence-electron chi connectivity index (χ2n) is 5.19. The number of hydrogen-bond acceptors (Lipinski definition) is 4. The number of ether oxygens (including phenoxy) is 2. The molecule has 0 aromatic rings. The van der Waals surface area contributed by atoms with Crippen LogP contribution in [0.4, 0.5) is 4.79 Å². The van der Waals surface area contributed by atoms with Gasteiger partial charge in [-0.2, -0.15) is 0 Å². The van der Waals surface area contributed by atoms with Crippen LogP contribution in [-0.4, -0.2) is 35.9 Å². The van der Waals surface area contributed by atoms with Crippen LogP contribution in [0.5, 0.6) is 0 Å². The second kappa shape index (κ2) is 5.33. The minimum atomic E-state index is -0.536. The average Bonchev–Trinajstić information content (AvgIpc) is 2.25. The number of aliphatic hydroxyl groups excluding tert-OH is 1. The third-order valence-electron chi connectivity index (χ3n) is 2.49. The van der Waals surface area contributed by atoms with E-state index in [1.165, 1.54) is 18.1 Å². The van der Waals surface area contributed by atoms with Crippen molar-refractivity contribution in [1.29, 1.82) is 0 Å². The predicted molar refractivity (Wildman–Crippen MR) is 68.0 cm³/mol. The number of aliphatic hydroxyl groups is 1. The van der Waals surface area contributed by atoms with Crippen molar-refractivity contribution in [3.8, 4) is 0 Å². The molecule has 0 radical (unpaired) electrons. The number of carbonyl (C=O) groups excluding carboxylic acids is 1. The molecular weight excluding hydrogens is 234 g/mol. The quantitative estimate of drug-likeness (QED) is 0.824. The molecule has 1 rings (SSSR count). The van der Waals surface area contributed by atoms with E-state index in [0.717, 1.165) is 0 Å². The zero-order valence-electron chi connectivity index (χ0n) is 11.6. The third kappa shape index (κ3) is 3.68. The molecule has 0 saturated carbocycles. The highest BCUT2D eigenvalue weighted by atomic mass is 16.6. The summed E-state index contributed by atoms with van der Waals surface area (Å²) in [5.41, 5.74) is 0.177. The van der Waals surface area contributed by atoms with Gasteiger partial charge < -0.3 is 14.6 Å². The van der Waals surface area contributed by atoms with E-state index in [2.05, 4.69) is 0 Å². The molecule has 0 heterocycles. The molecule has 0 spiro atoms. The molecule has 0 fully saturated rings. The van der Waals surface area contributed by atoms with Gasteiger partial charge in [-0.1, -0.05) is 0 Å². The van der Waals surface area contributed by atoms with Crippen molar-refractivity contribution in [1.82, 2.24) is 4.90 Å². The Hall–Kier alpha value is -1.65. The van der Waals surface area contributed by atoms with Crippen molar-refractivity contribution < 1.29 is 19.4 Å². The van der Waals surface area contributed by atoms with Crippen LogP contribution in [0.3, 0.4) is 0 Å². The number of rotatable bonds is 2. The van der Waals surface area contributed by atoms with Crippen LogP contribution in [0.2, 0.25) is 0 Å². The Morgan fingerprint density at radius 1 is 1.39 bits per heavy atom. The lowest BCUT2D eigenvalue weighted by Crippen LogP contribution is -2.34. The minimum Gasteiger partial charge on any atom is -0.512 e. The largest absolute Gasteiger partial charge is 0.512 e. The molecule has 0 aromatic carbocycles. The van der Waals surface area contributed by atoms with E-state index >= 15 is 0 Å². The Morgan fingerprint density at radius 2 is 2.00 bits per heavy atom. The summed E-state index contributed by atoms with van der Waals surface area (Å²) in [6, 6.07) is 0. The Morgan fingerprint density at radius 3 is 2.50 bits per heavy atom. The van der Waals surface area contributed by atoms with Crippen LogP contribution >= 0.6 is 0 Å². The van der Waals surface area contributed by atoms with E-state index in [0.29, 0.717) is 24.3 Å². The first-order valence-electron chi connectivity index (χ1n) is 5.88. The number of amides is 1. The van der Waals surface area contributed by atoms with Crippen molar-refractivity contribution in [2.45, 2.75) is 39.2 Å². The Balaban J connectivity index is 2.89. The van der Waals surface area contributed by atoms with Crippen LogP contribution in [0, 0.1) is 0 Å². The standard InChI is InChI=1S/C13H21NO4/c1-13(2,3)18-12(16)14(4)10-7-6-9(15)8-11(10)17-5/h8,15H,6-7H2,1-5H3. The van der Waals surface area contributed by atoms with Crippen LogP contribution < -0.4 is 0 Å². The number of nitrogens with zero attached hydrogens (tertiary/aromatic N) is 1. The summed E-state index contributed by atoms with van der Waals surface area (Å²) in [5.74, 6) is 0.750. The van der Waals surface area contributed by atoms with Gasteiger partial charge in [-0.05, 0) is 27.2 Å². The van der Waals surface area contributed by atoms with Crippen molar-refractivity contribution in [2.75, 3.05) is 14.2 Å². The summed E-state index contributed by atoms with van der Waals surface area (Å²) in [4.78, 5) is 13.4. The van der Waals surface area contributed by atoms with Gasteiger partial charge in [0, 0.05) is 19.5 Å². The van der Waals surface area contributed by atoms with Crippen molar-refractivity contribution in [3.05, 3.63) is 23.3 Å². The van der Waals surface area contributed by atoms with Crippen LogP contribution in [-0.2, 0) is 9.47 Å². The Bertz CT molecular complexity index is 390. The molecule has 0 aromatic heterocycles. The molecule has 102 valence electrons. The zero-order chi connectivity index (χ0) is 13.9. The lowest BCUT2D eigenvalue weighted by Gasteiger charge is -2.28. The van der Waals surface area contributed by atoms with E-state index < -0.39 is 11.7 Å². The summed E-state index contributed by atoms with van der Waals surface area (Å²) >= 11 is 0. The van der Waals surface area contributed by atoms with Crippen molar-refractivity contribution in [3.63, 3.8) is 0 Å². The van der Waals surface area contributed by atoms with Gasteiger partial charge in [0.25, 0.3) is 0 Å². The van der Waals surface area contributed by atoms with E-state index in [9.17, 15) is 9.90 Å². The summed E-state index contributed by atoms with van der Waals surface area (Å²) in [5, 5.41) is 9.45. The number of carbonyl (C=O) groups is 1. The van der Waals surface area contributed by atoms with E-state index in [4.69, 9.17) is 9.47 Å². The Labute approximate surface area is 108 Å². The molecule has 5 heteroatoms. The fourth-order valence-corrected chi connectivity index (χ4v) is 1.63. The van der Waals surface area contributed by atoms with Crippen molar-refractivity contribution in [2.24, 2.45) is 0 Å². The van der Waals surface area contributed by atoms with Gasteiger partial charge in [0.15, 0.2) is 0 Å². The number of allylic oxidation sites excluding steroid dienone is 3. The van der Waals surface area contributed by atoms with Crippen molar-refractivity contribution >= 4 is 6.09 Å². The molecule has 1 N–H and O–H groups in total. The van der Waals surface area contributed by atoms with E-state index in [1.54, 1.807) is 7.05 Å². The molecule has 0 saturated heterocycles. The fourth-order valence-electron chi connectivity index (χ4n) is 1.63. The van der Waals surface area contributed by atoms with Gasteiger partial charge in [0.1, 0.15) is 11.4 Å². The summed E-state index contributed by atoms with van der Waals surface area (Å²) in [6.07, 6.45) is 2.14. The van der Waals surface area contributed by atoms with Gasteiger partial charge in [-0.25, -0.2) is 4.79 Å². The molecule has 0 bridgehead atoms. The van der Waals surface area contributed by atoms with Gasteiger partial charge in [-0.15, -0.1) is 0 Å². The fraction of sp³-hybridized carbons (Fsp3) is 0.615. The lowest BCUT2D eigenvalue weighted by atomic mass is 10.1. The molecule has 0 unspecified atom stereocenters. The smallest absolute Gasteiger partial charge is 0.414 e. The topological polar surface area (TPSA) is 59.0 Å². The molecule has 1 amide bonds. The van der Waals surface area contributed by atoms with E-state index in [-0.39, 0.29) is 5.76 Å². The summed E-state index contributed by atoms with van der Waals surface area (Å²) in [7, 11) is 3.14. The number of methoxy groups -OCH3 is 1. The van der Waals surface area contributed by atoms with Gasteiger partial charge in [0.05, 0.1) is 18.6 Å². The third-order valence-corrected chi connectivity index (χ3v) is 2.49. The van der Waals surface area contributed by atoms with Crippen LogP contribution in [0.25, 0.3) is 0 Å². The van der Waals surface area contributed by atoms with Gasteiger partial charge in [-0.3, -0.25) is 4.90 Å². The molecule has 0 aliphatic heterocycles.